The molecule has 3 aromatic rings. The van der Waals surface area contributed by atoms with E-state index in [0.717, 1.165) is 29.7 Å². The number of aromatic carboxylic acids is 1. The molecule has 2 heterocycles. The Morgan fingerprint density at radius 1 is 1.19 bits per heavy atom. The molecule has 166 valence electrons. The lowest BCUT2D eigenvalue weighted by Gasteiger charge is -2.10. The minimum Gasteiger partial charge on any atom is -0.487 e. The number of aliphatic imine (C=N–C) groups is 1. The first kappa shape index (κ1) is 21.8. The third kappa shape index (κ3) is 4.57. The van der Waals surface area contributed by atoms with Crippen molar-refractivity contribution in [3.8, 4) is 5.75 Å². The van der Waals surface area contributed by atoms with E-state index in [9.17, 15) is 18.0 Å². The van der Waals surface area contributed by atoms with Gasteiger partial charge in [-0.1, -0.05) is 12.1 Å². The van der Waals surface area contributed by atoms with E-state index in [1.165, 1.54) is 24.3 Å². The molecular weight excluding hydrogens is 447 g/mol. The summed E-state index contributed by atoms with van der Waals surface area (Å²) in [6.45, 7) is 0.0439. The van der Waals surface area contributed by atoms with Gasteiger partial charge in [0.25, 0.3) is 0 Å². The maximum atomic E-state index is 12.7. The van der Waals surface area contributed by atoms with Gasteiger partial charge in [-0.05, 0) is 42.0 Å². The molecule has 1 atom stereocenters. The van der Waals surface area contributed by atoms with E-state index in [1.54, 1.807) is 30.1 Å². The van der Waals surface area contributed by atoms with Crippen LogP contribution in [0.5, 0.6) is 5.75 Å². The van der Waals surface area contributed by atoms with Gasteiger partial charge in [-0.15, -0.1) is 0 Å². The Balaban J connectivity index is 1.49. The summed E-state index contributed by atoms with van der Waals surface area (Å²) in [6.07, 6.45) is -2.84. The molecule has 4 rings (SSSR count). The van der Waals surface area contributed by atoms with Gasteiger partial charge in [0, 0.05) is 7.05 Å². The van der Waals surface area contributed by atoms with Gasteiger partial charge in [0.05, 0.1) is 40.6 Å². The summed E-state index contributed by atoms with van der Waals surface area (Å²) >= 11 is 1.11. The van der Waals surface area contributed by atoms with Crippen molar-refractivity contribution in [2.24, 2.45) is 12.0 Å². The van der Waals surface area contributed by atoms with Crippen LogP contribution in [0.4, 0.5) is 13.2 Å². The van der Waals surface area contributed by atoms with Gasteiger partial charge in [-0.25, -0.2) is 9.79 Å². The molecule has 1 N–H and O–H groups in total. The van der Waals surface area contributed by atoms with Crippen LogP contribution in [0, 0.1) is 0 Å². The molecular formula is C21H16F3N3O4S. The van der Waals surface area contributed by atoms with Crippen molar-refractivity contribution >= 4 is 23.9 Å². The second kappa shape index (κ2) is 8.58. The molecule has 1 aromatic heterocycles. The molecule has 0 spiro atoms. The highest BCUT2D eigenvalue weighted by atomic mass is 32.2. The molecule has 0 fully saturated rings. The second-order valence-electron chi connectivity index (χ2n) is 6.83. The van der Waals surface area contributed by atoms with Gasteiger partial charge in [0.15, 0.2) is 5.37 Å². The third-order valence-corrected chi connectivity index (χ3v) is 5.56. The standard InChI is InChI=1S/C21H16F3N3O4S/c1-27-17(11-30-15-8-6-14(7-9-15)21(22,23)24)16(10-25-27)18-26-19(32-31-18)12-2-4-13(5-3-12)20(28)29/h2-10,19H,11H2,1H3,(H,28,29). The second-order valence-corrected chi connectivity index (χ2v) is 7.64. The van der Waals surface area contributed by atoms with Crippen molar-refractivity contribution in [3.05, 3.63) is 82.7 Å². The van der Waals surface area contributed by atoms with Crippen LogP contribution in [0.25, 0.3) is 0 Å². The molecule has 2 aromatic carbocycles. The number of nitrogens with zero attached hydrogens (tertiary/aromatic N) is 3. The minimum absolute atomic E-state index is 0.0439. The fourth-order valence-electron chi connectivity index (χ4n) is 2.98. The van der Waals surface area contributed by atoms with Gasteiger partial charge in [0.1, 0.15) is 12.4 Å². The van der Waals surface area contributed by atoms with Gasteiger partial charge in [-0.3, -0.25) is 4.68 Å². The molecule has 0 bridgehead atoms. The largest absolute Gasteiger partial charge is 0.487 e. The molecule has 0 saturated heterocycles. The van der Waals surface area contributed by atoms with Crippen molar-refractivity contribution in [1.29, 1.82) is 0 Å². The number of ether oxygens (including phenoxy) is 1. The van der Waals surface area contributed by atoms with E-state index in [0.29, 0.717) is 17.2 Å². The molecule has 32 heavy (non-hydrogen) atoms. The average Bonchev–Trinajstić information content (AvgIpc) is 3.39. The van der Waals surface area contributed by atoms with Gasteiger partial charge in [-0.2, -0.15) is 18.3 Å². The predicted octanol–water partition coefficient (Wildman–Crippen LogP) is 4.84. The SMILES string of the molecule is Cn1ncc(C2=NC(c3ccc(C(=O)O)cc3)SO2)c1COc1ccc(C(F)(F)F)cc1. The Kier molecular flexibility index (Phi) is 5.83. The zero-order valence-corrected chi connectivity index (χ0v) is 17.4. The number of aromatic nitrogens is 2. The van der Waals surface area contributed by atoms with Crippen LogP contribution >= 0.6 is 12.0 Å². The van der Waals surface area contributed by atoms with Gasteiger partial charge >= 0.3 is 12.1 Å². The molecule has 11 heteroatoms. The van der Waals surface area contributed by atoms with Crippen molar-refractivity contribution in [3.63, 3.8) is 0 Å². The summed E-state index contributed by atoms with van der Waals surface area (Å²) in [5.41, 5.74) is 1.43. The Labute approximate surface area is 184 Å². The number of carbonyl (C=O) groups is 1. The normalized spacial score (nSPS) is 15.9. The molecule has 0 aliphatic carbocycles. The molecule has 1 unspecified atom stereocenters. The topological polar surface area (TPSA) is 85.9 Å². The number of carboxylic acids is 1. The third-order valence-electron chi connectivity index (χ3n) is 4.74. The average molecular weight is 463 g/mol. The fraction of sp³-hybridized carbons (Fsp3) is 0.190. The highest BCUT2D eigenvalue weighted by molar-refractivity contribution is 7.95. The maximum absolute atomic E-state index is 12.7. The lowest BCUT2D eigenvalue weighted by atomic mass is 10.1. The Morgan fingerprint density at radius 3 is 2.50 bits per heavy atom. The molecule has 0 radical (unpaired) electrons. The van der Waals surface area contributed by atoms with Crippen molar-refractivity contribution < 1.29 is 32.0 Å². The van der Waals surface area contributed by atoms with Gasteiger partial charge < -0.3 is 14.0 Å². The predicted molar refractivity (Wildman–Crippen MR) is 110 cm³/mol. The quantitative estimate of drug-likeness (QED) is 0.527. The number of benzene rings is 2. The van der Waals surface area contributed by atoms with E-state index in [-0.39, 0.29) is 23.3 Å². The number of hydrogen-bond donors (Lipinski definition) is 1. The number of rotatable bonds is 6. The molecule has 0 saturated carbocycles. The maximum Gasteiger partial charge on any atom is 0.416 e. The lowest BCUT2D eigenvalue weighted by Crippen LogP contribution is -2.09. The Bertz CT molecular complexity index is 1160. The van der Waals surface area contributed by atoms with Crippen molar-refractivity contribution in [1.82, 2.24) is 9.78 Å². The summed E-state index contributed by atoms with van der Waals surface area (Å²) in [4.78, 5) is 15.6. The lowest BCUT2D eigenvalue weighted by molar-refractivity contribution is -0.137. The number of hydrogen-bond acceptors (Lipinski definition) is 6. The highest BCUT2D eigenvalue weighted by Crippen LogP contribution is 2.38. The smallest absolute Gasteiger partial charge is 0.416 e. The minimum atomic E-state index is -4.41. The van der Waals surface area contributed by atoms with Crippen LogP contribution in [0.1, 0.15) is 38.1 Å². The fourth-order valence-corrected chi connectivity index (χ4v) is 3.70. The van der Waals surface area contributed by atoms with Crippen LogP contribution in [0.2, 0.25) is 0 Å². The number of alkyl halides is 3. The number of halogens is 3. The van der Waals surface area contributed by atoms with Crippen molar-refractivity contribution in [2.75, 3.05) is 0 Å². The first-order valence-electron chi connectivity index (χ1n) is 9.28. The summed E-state index contributed by atoms with van der Waals surface area (Å²) in [7, 11) is 1.71. The van der Waals surface area contributed by atoms with Crippen LogP contribution < -0.4 is 4.74 Å². The summed E-state index contributed by atoms with van der Waals surface area (Å²) < 4.78 is 51.0. The molecule has 0 amide bonds. The van der Waals surface area contributed by atoms with E-state index in [4.69, 9.17) is 14.0 Å². The van der Waals surface area contributed by atoms with E-state index < -0.39 is 17.7 Å². The number of aryl methyl sites for hydroxylation is 1. The van der Waals surface area contributed by atoms with E-state index >= 15 is 0 Å². The first-order chi connectivity index (χ1) is 15.2. The van der Waals surface area contributed by atoms with E-state index in [1.807, 2.05) is 0 Å². The zero-order valence-electron chi connectivity index (χ0n) is 16.5. The van der Waals surface area contributed by atoms with Gasteiger partial charge in [0.2, 0.25) is 5.90 Å². The van der Waals surface area contributed by atoms with Crippen LogP contribution in [0.3, 0.4) is 0 Å². The Morgan fingerprint density at radius 2 is 1.88 bits per heavy atom. The van der Waals surface area contributed by atoms with Crippen LogP contribution in [-0.4, -0.2) is 26.8 Å². The number of carboxylic acid groups (broad SMARTS) is 1. The van der Waals surface area contributed by atoms with Crippen molar-refractivity contribution in [2.45, 2.75) is 18.2 Å². The Hall–Kier alpha value is -3.47. The zero-order chi connectivity index (χ0) is 22.9. The monoisotopic (exact) mass is 463 g/mol. The first-order valence-corrected chi connectivity index (χ1v) is 10.1. The molecule has 1 aliphatic rings. The van der Waals surface area contributed by atoms with Crippen LogP contribution in [0.15, 0.2) is 59.7 Å². The highest BCUT2D eigenvalue weighted by Gasteiger charge is 2.30. The molecule has 7 nitrogen and oxygen atoms in total. The van der Waals surface area contributed by atoms with Crippen LogP contribution in [-0.2, 0) is 24.0 Å². The summed E-state index contributed by atoms with van der Waals surface area (Å²) in [6, 6.07) is 10.8. The molecule has 1 aliphatic heterocycles. The van der Waals surface area contributed by atoms with E-state index in [2.05, 4.69) is 10.1 Å². The summed E-state index contributed by atoms with van der Waals surface area (Å²) in [5, 5.41) is 12.8. The summed E-state index contributed by atoms with van der Waals surface area (Å²) in [5.74, 6) is -0.393.